The third-order valence-electron chi connectivity index (χ3n) is 4.66. The molecule has 0 atom stereocenters. The van der Waals surface area contributed by atoms with Gasteiger partial charge in [-0.05, 0) is 48.8 Å². The Morgan fingerprint density at radius 2 is 1.76 bits per heavy atom. The van der Waals surface area contributed by atoms with Crippen molar-refractivity contribution in [2.75, 3.05) is 7.11 Å². The van der Waals surface area contributed by atoms with Crippen molar-refractivity contribution in [2.45, 2.75) is 51.6 Å². The molecule has 1 fully saturated rings. The fraction of sp³-hybridized carbons (Fsp3) is 0.588. The molecule has 21 heavy (non-hydrogen) atoms. The quantitative estimate of drug-likeness (QED) is 0.769. The molecule has 0 heterocycles. The Morgan fingerprint density at radius 3 is 2.29 bits per heavy atom. The number of methoxy groups -OCH3 is 1. The SMILES string of the molecule is COC1(C(=O)Cc2ccc(Cl)c(Cl)c2)CCC(C)(C)CC1. The van der Waals surface area contributed by atoms with Gasteiger partial charge in [0.1, 0.15) is 5.60 Å². The van der Waals surface area contributed by atoms with Gasteiger partial charge in [-0.2, -0.15) is 0 Å². The molecule has 0 unspecified atom stereocenters. The molecular formula is C17H22Cl2O2. The molecule has 2 nitrogen and oxygen atoms in total. The van der Waals surface area contributed by atoms with Crippen molar-refractivity contribution >= 4 is 29.0 Å². The van der Waals surface area contributed by atoms with E-state index in [2.05, 4.69) is 13.8 Å². The summed E-state index contributed by atoms with van der Waals surface area (Å²) in [6, 6.07) is 5.34. The maximum Gasteiger partial charge on any atom is 0.168 e. The number of rotatable bonds is 4. The summed E-state index contributed by atoms with van der Waals surface area (Å²) in [5, 5.41) is 0.993. The van der Waals surface area contributed by atoms with E-state index in [1.54, 1.807) is 19.2 Å². The van der Waals surface area contributed by atoms with E-state index in [1.807, 2.05) is 6.07 Å². The summed E-state index contributed by atoms with van der Waals surface area (Å²) in [6.07, 6.45) is 3.93. The monoisotopic (exact) mass is 328 g/mol. The van der Waals surface area contributed by atoms with Crippen molar-refractivity contribution in [2.24, 2.45) is 5.41 Å². The molecule has 0 bridgehead atoms. The number of hydrogen-bond acceptors (Lipinski definition) is 2. The molecule has 0 saturated heterocycles. The summed E-state index contributed by atoms with van der Waals surface area (Å²) in [6.45, 7) is 4.49. The first-order chi connectivity index (χ1) is 9.78. The number of carbonyl (C=O) groups excluding carboxylic acids is 1. The predicted octanol–water partition coefficient (Wildman–Crippen LogP) is 5.09. The molecule has 1 aromatic rings. The Hall–Kier alpha value is -0.570. The van der Waals surface area contributed by atoms with Crippen LogP contribution < -0.4 is 0 Å². The van der Waals surface area contributed by atoms with Crippen LogP contribution in [0, 0.1) is 5.41 Å². The number of carbonyl (C=O) groups is 1. The number of hydrogen-bond donors (Lipinski definition) is 0. The van der Waals surface area contributed by atoms with E-state index < -0.39 is 5.60 Å². The van der Waals surface area contributed by atoms with Crippen molar-refractivity contribution in [1.29, 1.82) is 0 Å². The third-order valence-corrected chi connectivity index (χ3v) is 5.40. The Bertz CT molecular complexity index is 528. The Kier molecular flexibility index (Phi) is 5.02. The molecule has 116 valence electrons. The van der Waals surface area contributed by atoms with Gasteiger partial charge >= 0.3 is 0 Å². The second-order valence-electron chi connectivity index (χ2n) is 6.71. The van der Waals surface area contributed by atoms with Gasteiger partial charge in [-0.1, -0.05) is 43.1 Å². The van der Waals surface area contributed by atoms with Crippen LogP contribution in [0.4, 0.5) is 0 Å². The van der Waals surface area contributed by atoms with E-state index in [-0.39, 0.29) is 5.78 Å². The highest BCUT2D eigenvalue weighted by molar-refractivity contribution is 6.42. The van der Waals surface area contributed by atoms with E-state index in [4.69, 9.17) is 27.9 Å². The Morgan fingerprint density at radius 1 is 1.14 bits per heavy atom. The first-order valence-electron chi connectivity index (χ1n) is 7.30. The van der Waals surface area contributed by atoms with Crippen molar-refractivity contribution in [3.05, 3.63) is 33.8 Å². The summed E-state index contributed by atoms with van der Waals surface area (Å²) in [7, 11) is 1.64. The van der Waals surface area contributed by atoms with Gasteiger partial charge in [0.2, 0.25) is 0 Å². The van der Waals surface area contributed by atoms with Crippen molar-refractivity contribution in [3.63, 3.8) is 0 Å². The van der Waals surface area contributed by atoms with E-state index in [0.717, 1.165) is 31.2 Å². The number of halogens is 2. The standard InChI is InChI=1S/C17H22Cl2O2/c1-16(2)6-8-17(21-3,9-7-16)15(20)11-12-4-5-13(18)14(19)10-12/h4-5,10H,6-9,11H2,1-3H3. The zero-order valence-electron chi connectivity index (χ0n) is 12.8. The van der Waals surface area contributed by atoms with Crippen molar-refractivity contribution < 1.29 is 9.53 Å². The Balaban J connectivity index is 2.12. The molecule has 4 heteroatoms. The fourth-order valence-corrected chi connectivity index (χ4v) is 3.24. The van der Waals surface area contributed by atoms with Crippen LogP contribution in [0.3, 0.4) is 0 Å². The number of ketones is 1. The largest absolute Gasteiger partial charge is 0.370 e. The van der Waals surface area contributed by atoms with Gasteiger partial charge in [0.15, 0.2) is 5.78 Å². The highest BCUT2D eigenvalue weighted by Gasteiger charge is 2.43. The molecule has 2 rings (SSSR count). The fourth-order valence-electron chi connectivity index (χ4n) is 2.92. The van der Waals surface area contributed by atoms with E-state index in [1.165, 1.54) is 0 Å². The summed E-state index contributed by atoms with van der Waals surface area (Å²) in [4.78, 5) is 12.7. The first-order valence-corrected chi connectivity index (χ1v) is 8.06. The third kappa shape index (κ3) is 3.80. The van der Waals surface area contributed by atoms with Crippen molar-refractivity contribution in [3.8, 4) is 0 Å². The zero-order chi connectivity index (χ0) is 15.7. The van der Waals surface area contributed by atoms with Gasteiger partial charge in [0.25, 0.3) is 0 Å². The minimum Gasteiger partial charge on any atom is -0.370 e. The lowest BCUT2D eigenvalue weighted by Crippen LogP contribution is -2.46. The zero-order valence-corrected chi connectivity index (χ0v) is 14.4. The molecule has 0 aliphatic heterocycles. The number of ether oxygens (including phenoxy) is 1. The van der Waals surface area contributed by atoms with Gasteiger partial charge in [0.05, 0.1) is 10.0 Å². The normalized spacial score (nSPS) is 20.2. The summed E-state index contributed by atoms with van der Waals surface area (Å²) >= 11 is 11.9. The molecule has 0 N–H and O–H groups in total. The molecule has 1 saturated carbocycles. The minimum absolute atomic E-state index is 0.138. The lowest BCUT2D eigenvalue weighted by atomic mass is 9.69. The van der Waals surface area contributed by atoms with Crippen LogP contribution in [0.15, 0.2) is 18.2 Å². The first kappa shape index (κ1) is 16.8. The second kappa shape index (κ2) is 6.28. The summed E-state index contributed by atoms with van der Waals surface area (Å²) in [5.74, 6) is 0.138. The molecule has 0 spiro atoms. The predicted molar refractivity (Wildman–Crippen MR) is 87.2 cm³/mol. The van der Waals surface area contributed by atoms with E-state index >= 15 is 0 Å². The lowest BCUT2D eigenvalue weighted by molar-refractivity contribution is -0.147. The Labute approximate surface area is 136 Å². The van der Waals surface area contributed by atoms with Crippen LogP contribution in [-0.2, 0) is 16.0 Å². The minimum atomic E-state index is -0.637. The van der Waals surface area contributed by atoms with Crippen LogP contribution in [0.5, 0.6) is 0 Å². The van der Waals surface area contributed by atoms with Gasteiger partial charge in [-0.15, -0.1) is 0 Å². The van der Waals surface area contributed by atoms with E-state index in [9.17, 15) is 4.79 Å². The average Bonchev–Trinajstić information content (AvgIpc) is 2.43. The molecular weight excluding hydrogens is 307 g/mol. The van der Waals surface area contributed by atoms with Crippen LogP contribution in [-0.4, -0.2) is 18.5 Å². The smallest absolute Gasteiger partial charge is 0.168 e. The van der Waals surface area contributed by atoms with Gasteiger partial charge < -0.3 is 4.74 Å². The maximum absolute atomic E-state index is 12.7. The van der Waals surface area contributed by atoms with Crippen LogP contribution in [0.1, 0.15) is 45.1 Å². The van der Waals surface area contributed by atoms with E-state index in [0.29, 0.717) is 21.9 Å². The lowest BCUT2D eigenvalue weighted by Gasteiger charge is -2.41. The van der Waals surface area contributed by atoms with Crippen LogP contribution in [0.2, 0.25) is 10.0 Å². The van der Waals surface area contributed by atoms with Crippen LogP contribution >= 0.6 is 23.2 Å². The van der Waals surface area contributed by atoms with Gasteiger partial charge in [-0.25, -0.2) is 0 Å². The highest BCUT2D eigenvalue weighted by atomic mass is 35.5. The topological polar surface area (TPSA) is 26.3 Å². The number of Topliss-reactive ketones (excluding diaryl/α,β-unsaturated/α-hetero) is 1. The average molecular weight is 329 g/mol. The number of benzene rings is 1. The molecule has 1 aliphatic carbocycles. The van der Waals surface area contributed by atoms with Crippen LogP contribution in [0.25, 0.3) is 0 Å². The summed E-state index contributed by atoms with van der Waals surface area (Å²) < 4.78 is 5.65. The maximum atomic E-state index is 12.7. The second-order valence-corrected chi connectivity index (χ2v) is 7.53. The molecule has 1 aliphatic rings. The molecule has 1 aromatic carbocycles. The summed E-state index contributed by atoms with van der Waals surface area (Å²) in [5.41, 5.74) is 0.545. The van der Waals surface area contributed by atoms with Gasteiger partial charge in [-0.3, -0.25) is 4.79 Å². The molecule has 0 amide bonds. The van der Waals surface area contributed by atoms with Crippen molar-refractivity contribution in [1.82, 2.24) is 0 Å². The van der Waals surface area contributed by atoms with Gasteiger partial charge in [0, 0.05) is 13.5 Å². The molecule has 0 aromatic heterocycles. The molecule has 0 radical (unpaired) electrons. The highest BCUT2D eigenvalue weighted by Crippen LogP contribution is 2.42.